The predicted molar refractivity (Wildman–Crippen MR) is 67.1 cm³/mol. The molecule has 0 fully saturated rings. The van der Waals surface area contributed by atoms with Crippen LogP contribution in [-0.2, 0) is 13.0 Å². The molecule has 2 rings (SSSR count). The van der Waals surface area contributed by atoms with Gasteiger partial charge in [-0.3, -0.25) is 0 Å². The molecule has 2 aromatic rings. The van der Waals surface area contributed by atoms with Gasteiger partial charge >= 0.3 is 6.36 Å². The minimum absolute atomic E-state index is 0.172. The van der Waals surface area contributed by atoms with Crippen LogP contribution in [0.3, 0.4) is 0 Å². The van der Waals surface area contributed by atoms with Crippen molar-refractivity contribution in [1.29, 1.82) is 0 Å². The van der Waals surface area contributed by atoms with Crippen molar-refractivity contribution < 1.29 is 17.9 Å². The second-order valence-electron chi connectivity index (χ2n) is 4.16. The molecule has 1 aromatic heterocycles. The number of aromatic nitrogens is 2. The van der Waals surface area contributed by atoms with E-state index in [1.54, 1.807) is 24.7 Å². The van der Waals surface area contributed by atoms with Crippen molar-refractivity contribution in [1.82, 2.24) is 15.3 Å². The molecule has 4 nitrogen and oxygen atoms in total. The molecule has 0 saturated heterocycles. The maximum absolute atomic E-state index is 12.2. The summed E-state index contributed by atoms with van der Waals surface area (Å²) in [6.07, 6.45) is -0.654. The minimum atomic E-state index is -4.67. The molecule has 2 N–H and O–H groups in total. The van der Waals surface area contributed by atoms with Crippen LogP contribution in [0.2, 0.25) is 0 Å². The van der Waals surface area contributed by atoms with Crippen molar-refractivity contribution in [3.8, 4) is 5.75 Å². The van der Waals surface area contributed by atoms with E-state index in [0.29, 0.717) is 18.7 Å². The maximum Gasteiger partial charge on any atom is 0.573 e. The SMILES string of the molecule is FC(F)(F)Oc1ccccc1CNCCc1cnc[nH]1. The fraction of sp³-hybridized carbons (Fsp3) is 0.308. The summed E-state index contributed by atoms with van der Waals surface area (Å²) in [7, 11) is 0. The van der Waals surface area contributed by atoms with E-state index >= 15 is 0 Å². The van der Waals surface area contributed by atoms with Crippen molar-refractivity contribution in [3.63, 3.8) is 0 Å². The maximum atomic E-state index is 12.2. The molecule has 20 heavy (non-hydrogen) atoms. The van der Waals surface area contributed by atoms with Gasteiger partial charge in [0.15, 0.2) is 0 Å². The van der Waals surface area contributed by atoms with E-state index in [-0.39, 0.29) is 5.75 Å². The summed E-state index contributed by atoms with van der Waals surface area (Å²) >= 11 is 0. The second kappa shape index (κ2) is 6.42. The quantitative estimate of drug-likeness (QED) is 0.802. The number of rotatable bonds is 6. The summed E-state index contributed by atoms with van der Waals surface area (Å²) in [5, 5.41) is 3.07. The van der Waals surface area contributed by atoms with Gasteiger partial charge in [-0.1, -0.05) is 18.2 Å². The lowest BCUT2D eigenvalue weighted by Crippen LogP contribution is -2.21. The normalized spacial score (nSPS) is 11.6. The van der Waals surface area contributed by atoms with Gasteiger partial charge in [0.1, 0.15) is 5.75 Å². The first-order valence-corrected chi connectivity index (χ1v) is 6.06. The smallest absolute Gasteiger partial charge is 0.405 e. The molecule has 0 aliphatic rings. The van der Waals surface area contributed by atoms with Crippen LogP contribution in [0, 0.1) is 0 Å². The summed E-state index contributed by atoms with van der Waals surface area (Å²) in [4.78, 5) is 6.84. The minimum Gasteiger partial charge on any atom is -0.405 e. The predicted octanol–water partition coefficient (Wildman–Crippen LogP) is 2.64. The monoisotopic (exact) mass is 285 g/mol. The molecular weight excluding hydrogens is 271 g/mol. The fourth-order valence-corrected chi connectivity index (χ4v) is 1.74. The largest absolute Gasteiger partial charge is 0.573 e. The number of nitrogens with one attached hydrogen (secondary N) is 2. The first-order chi connectivity index (χ1) is 9.54. The molecule has 0 saturated carbocycles. The molecule has 1 aromatic carbocycles. The highest BCUT2D eigenvalue weighted by Crippen LogP contribution is 2.25. The van der Waals surface area contributed by atoms with Gasteiger partial charge in [0, 0.05) is 37.0 Å². The van der Waals surface area contributed by atoms with E-state index in [0.717, 1.165) is 12.1 Å². The highest BCUT2D eigenvalue weighted by molar-refractivity contribution is 5.33. The molecule has 7 heteroatoms. The summed E-state index contributed by atoms with van der Waals surface area (Å²) in [6, 6.07) is 6.09. The third kappa shape index (κ3) is 4.58. The van der Waals surface area contributed by atoms with Gasteiger partial charge in [0.2, 0.25) is 0 Å². The van der Waals surface area contributed by atoms with Gasteiger partial charge in [-0.05, 0) is 6.07 Å². The van der Waals surface area contributed by atoms with Crippen LogP contribution in [0.15, 0.2) is 36.8 Å². The van der Waals surface area contributed by atoms with Crippen LogP contribution < -0.4 is 10.1 Å². The van der Waals surface area contributed by atoms with E-state index < -0.39 is 6.36 Å². The average molecular weight is 285 g/mol. The summed E-state index contributed by atoms with van der Waals surface area (Å²) in [5.74, 6) is -0.172. The molecule has 0 unspecified atom stereocenters. The van der Waals surface area contributed by atoms with E-state index in [9.17, 15) is 13.2 Å². The number of hydrogen-bond acceptors (Lipinski definition) is 3. The molecule has 0 spiro atoms. The molecule has 0 bridgehead atoms. The van der Waals surface area contributed by atoms with Crippen molar-refractivity contribution >= 4 is 0 Å². The Morgan fingerprint density at radius 1 is 1.25 bits per heavy atom. The molecule has 0 amide bonds. The van der Waals surface area contributed by atoms with Gasteiger partial charge in [0.05, 0.1) is 6.33 Å². The van der Waals surface area contributed by atoms with E-state index in [1.165, 1.54) is 12.1 Å². The van der Waals surface area contributed by atoms with Crippen LogP contribution in [0.4, 0.5) is 13.2 Å². The second-order valence-corrected chi connectivity index (χ2v) is 4.16. The van der Waals surface area contributed by atoms with Crippen LogP contribution in [0.5, 0.6) is 5.75 Å². The molecule has 108 valence electrons. The zero-order valence-corrected chi connectivity index (χ0v) is 10.6. The van der Waals surface area contributed by atoms with Crippen LogP contribution >= 0.6 is 0 Å². The summed E-state index contributed by atoms with van der Waals surface area (Å²) < 4.78 is 40.7. The number of benzene rings is 1. The number of halogens is 3. The van der Waals surface area contributed by atoms with Crippen molar-refractivity contribution in [2.45, 2.75) is 19.3 Å². The number of aromatic amines is 1. The molecule has 0 aliphatic carbocycles. The Labute approximate surface area is 114 Å². The Bertz CT molecular complexity index is 526. The number of imidazole rings is 1. The van der Waals surface area contributed by atoms with Crippen LogP contribution in [-0.4, -0.2) is 22.9 Å². The zero-order valence-electron chi connectivity index (χ0n) is 10.6. The van der Waals surface area contributed by atoms with Gasteiger partial charge in [-0.15, -0.1) is 13.2 Å². The highest BCUT2D eigenvalue weighted by atomic mass is 19.4. The molecule has 1 heterocycles. The Morgan fingerprint density at radius 3 is 2.75 bits per heavy atom. The van der Waals surface area contributed by atoms with Gasteiger partial charge in [-0.2, -0.15) is 0 Å². The molecule has 0 atom stereocenters. The molecule has 0 radical (unpaired) electrons. The lowest BCUT2D eigenvalue weighted by Gasteiger charge is -2.13. The lowest BCUT2D eigenvalue weighted by atomic mass is 10.2. The van der Waals surface area contributed by atoms with E-state index in [4.69, 9.17) is 0 Å². The number of alkyl halides is 3. The third-order valence-corrected chi connectivity index (χ3v) is 2.64. The standard InChI is InChI=1S/C13H14F3N3O/c14-13(15,16)20-12-4-2-1-3-10(12)7-17-6-5-11-8-18-9-19-11/h1-4,8-9,17H,5-7H2,(H,18,19). The number of hydrogen-bond donors (Lipinski definition) is 2. The Kier molecular flexibility index (Phi) is 4.62. The zero-order chi connectivity index (χ0) is 14.4. The number of ether oxygens (including phenoxy) is 1. The fourth-order valence-electron chi connectivity index (χ4n) is 1.74. The Morgan fingerprint density at radius 2 is 2.05 bits per heavy atom. The molecule has 0 aliphatic heterocycles. The van der Waals surface area contributed by atoms with Crippen molar-refractivity contribution in [2.24, 2.45) is 0 Å². The molecular formula is C13H14F3N3O. The van der Waals surface area contributed by atoms with Gasteiger partial charge < -0.3 is 15.0 Å². The van der Waals surface area contributed by atoms with Gasteiger partial charge in [-0.25, -0.2) is 4.98 Å². The highest BCUT2D eigenvalue weighted by Gasteiger charge is 2.31. The van der Waals surface area contributed by atoms with E-state index in [1.807, 2.05) is 0 Å². The van der Waals surface area contributed by atoms with Gasteiger partial charge in [0.25, 0.3) is 0 Å². The number of nitrogens with zero attached hydrogens (tertiary/aromatic N) is 1. The summed E-state index contributed by atoms with van der Waals surface area (Å²) in [6.45, 7) is 0.933. The van der Waals surface area contributed by atoms with Crippen LogP contribution in [0.25, 0.3) is 0 Å². The third-order valence-electron chi connectivity index (χ3n) is 2.64. The van der Waals surface area contributed by atoms with Crippen LogP contribution in [0.1, 0.15) is 11.3 Å². The first-order valence-electron chi connectivity index (χ1n) is 6.06. The summed E-state index contributed by atoms with van der Waals surface area (Å²) in [5.41, 5.74) is 1.44. The van der Waals surface area contributed by atoms with E-state index in [2.05, 4.69) is 20.0 Å². The number of para-hydroxylation sites is 1. The first kappa shape index (κ1) is 14.4. The Hall–Kier alpha value is -2.02. The topological polar surface area (TPSA) is 49.9 Å². The number of H-pyrrole nitrogens is 1. The van der Waals surface area contributed by atoms with Crippen molar-refractivity contribution in [3.05, 3.63) is 48.0 Å². The lowest BCUT2D eigenvalue weighted by molar-refractivity contribution is -0.274. The Balaban J connectivity index is 1.86. The average Bonchev–Trinajstić information content (AvgIpc) is 2.88. The van der Waals surface area contributed by atoms with Crippen molar-refractivity contribution in [2.75, 3.05) is 6.54 Å².